The van der Waals surface area contributed by atoms with Crippen LogP contribution in [0.4, 0.5) is 4.79 Å². The van der Waals surface area contributed by atoms with Gasteiger partial charge in [0.2, 0.25) is 0 Å². The van der Waals surface area contributed by atoms with Crippen molar-refractivity contribution < 1.29 is 23.9 Å². The number of carbonyl (C=O) groups is 4. The second kappa shape index (κ2) is 9.85. The molecule has 2 aliphatic rings. The van der Waals surface area contributed by atoms with Crippen molar-refractivity contribution in [3.8, 4) is 0 Å². The molecule has 1 fully saturated rings. The number of imide groups is 1. The van der Waals surface area contributed by atoms with Crippen molar-refractivity contribution >= 4 is 23.8 Å². The Morgan fingerprint density at radius 2 is 1.70 bits per heavy atom. The lowest BCUT2D eigenvalue weighted by atomic mass is 10.0. The van der Waals surface area contributed by atoms with E-state index >= 15 is 0 Å². The van der Waals surface area contributed by atoms with Crippen LogP contribution in [0, 0.1) is 0 Å². The Morgan fingerprint density at radius 3 is 2.39 bits per heavy atom. The maximum Gasteiger partial charge on any atom is 0.409 e. The Kier molecular flexibility index (Phi) is 6.72. The molecule has 33 heavy (non-hydrogen) atoms. The maximum absolute atomic E-state index is 12.9. The molecule has 0 unspecified atom stereocenters. The van der Waals surface area contributed by atoms with Crippen molar-refractivity contribution in [1.82, 2.24) is 15.1 Å². The molecule has 8 heteroatoms. The van der Waals surface area contributed by atoms with Crippen molar-refractivity contribution in [2.75, 3.05) is 26.2 Å². The van der Waals surface area contributed by atoms with Crippen molar-refractivity contribution in [2.45, 2.75) is 32.2 Å². The molecule has 0 bridgehead atoms. The lowest BCUT2D eigenvalue weighted by Crippen LogP contribution is -2.46. The Labute approximate surface area is 192 Å². The minimum atomic E-state index is -0.372. The van der Waals surface area contributed by atoms with Crippen LogP contribution in [0.15, 0.2) is 48.5 Å². The summed E-state index contributed by atoms with van der Waals surface area (Å²) in [4.78, 5) is 53.1. The van der Waals surface area contributed by atoms with Gasteiger partial charge in [-0.25, -0.2) is 4.79 Å². The average molecular weight is 450 g/mol. The van der Waals surface area contributed by atoms with E-state index in [2.05, 4.69) is 5.32 Å². The predicted octanol–water partition coefficient (Wildman–Crippen LogP) is 2.88. The number of nitrogens with zero attached hydrogens (tertiary/aromatic N) is 2. The summed E-state index contributed by atoms with van der Waals surface area (Å²) in [6.45, 7) is 3.41. The number of fused-ring (bicyclic) bond motifs is 1. The third-order valence-electron chi connectivity index (χ3n) is 6.06. The van der Waals surface area contributed by atoms with E-state index in [9.17, 15) is 19.2 Å². The number of rotatable bonds is 6. The van der Waals surface area contributed by atoms with Gasteiger partial charge >= 0.3 is 6.09 Å². The van der Waals surface area contributed by atoms with E-state index in [1.807, 2.05) is 30.3 Å². The standard InChI is InChI=1S/C25H27N3O5/c1-2-33-25(32)27-13-11-19(12-14-27)26-22(29)18-8-9-20-21(16-18)24(31)28(23(20)30)15-10-17-6-4-3-5-7-17/h3-9,16,19H,2,10-15H2,1H3,(H,26,29). The highest BCUT2D eigenvalue weighted by atomic mass is 16.6. The Bertz CT molecular complexity index is 1060. The molecule has 1 N–H and O–H groups in total. The van der Waals surface area contributed by atoms with Crippen molar-refractivity contribution in [3.05, 3.63) is 70.8 Å². The average Bonchev–Trinajstić information content (AvgIpc) is 3.08. The molecular formula is C25H27N3O5. The maximum atomic E-state index is 12.9. The SMILES string of the molecule is CCOC(=O)N1CCC(NC(=O)c2ccc3c(c2)C(=O)N(CCc2ccccc2)C3=O)CC1. The van der Waals surface area contributed by atoms with Gasteiger partial charge < -0.3 is 15.0 Å². The minimum Gasteiger partial charge on any atom is -0.450 e. The number of hydrogen-bond donors (Lipinski definition) is 1. The van der Waals surface area contributed by atoms with Crippen LogP contribution >= 0.6 is 0 Å². The van der Waals surface area contributed by atoms with Crippen LogP contribution in [0.5, 0.6) is 0 Å². The summed E-state index contributed by atoms with van der Waals surface area (Å²) >= 11 is 0. The van der Waals surface area contributed by atoms with E-state index < -0.39 is 0 Å². The summed E-state index contributed by atoms with van der Waals surface area (Å²) in [7, 11) is 0. The summed E-state index contributed by atoms with van der Waals surface area (Å²) in [6, 6.07) is 14.2. The molecule has 8 nitrogen and oxygen atoms in total. The highest BCUT2D eigenvalue weighted by Crippen LogP contribution is 2.25. The van der Waals surface area contributed by atoms with E-state index in [0.29, 0.717) is 50.1 Å². The first-order valence-electron chi connectivity index (χ1n) is 11.2. The molecule has 0 radical (unpaired) electrons. The second-order valence-electron chi connectivity index (χ2n) is 8.19. The molecule has 0 aliphatic carbocycles. The van der Waals surface area contributed by atoms with Gasteiger partial charge in [0.15, 0.2) is 0 Å². The number of hydrogen-bond acceptors (Lipinski definition) is 5. The molecule has 2 aromatic rings. The normalized spacial score (nSPS) is 16.0. The van der Waals surface area contributed by atoms with Crippen molar-refractivity contribution in [3.63, 3.8) is 0 Å². The Balaban J connectivity index is 1.36. The van der Waals surface area contributed by atoms with E-state index in [1.54, 1.807) is 24.0 Å². The molecule has 4 amide bonds. The highest BCUT2D eigenvalue weighted by Gasteiger charge is 2.36. The molecular weight excluding hydrogens is 422 g/mol. The van der Waals surface area contributed by atoms with Gasteiger partial charge in [0.05, 0.1) is 17.7 Å². The lowest BCUT2D eigenvalue weighted by Gasteiger charge is -2.31. The Hall–Kier alpha value is -3.68. The second-order valence-corrected chi connectivity index (χ2v) is 8.19. The minimum absolute atomic E-state index is 0.0730. The molecule has 0 aromatic heterocycles. The number of amides is 4. The van der Waals surface area contributed by atoms with Gasteiger partial charge in [-0.05, 0) is 49.9 Å². The van der Waals surface area contributed by atoms with Crippen LogP contribution in [-0.4, -0.2) is 65.9 Å². The number of carbonyl (C=O) groups excluding carboxylic acids is 4. The zero-order valence-electron chi connectivity index (χ0n) is 18.6. The first kappa shape index (κ1) is 22.5. The van der Waals surface area contributed by atoms with E-state index in [0.717, 1.165) is 5.56 Å². The number of ether oxygens (including phenoxy) is 1. The zero-order chi connectivity index (χ0) is 23.4. The van der Waals surface area contributed by atoms with Crippen LogP contribution in [0.2, 0.25) is 0 Å². The van der Waals surface area contributed by atoms with Gasteiger partial charge in [-0.15, -0.1) is 0 Å². The monoisotopic (exact) mass is 449 g/mol. The number of likely N-dealkylation sites (tertiary alicyclic amines) is 1. The topological polar surface area (TPSA) is 96.0 Å². The summed E-state index contributed by atoms with van der Waals surface area (Å²) in [5, 5.41) is 2.97. The van der Waals surface area contributed by atoms with Gasteiger partial charge in [-0.1, -0.05) is 30.3 Å². The largest absolute Gasteiger partial charge is 0.450 e. The first-order chi connectivity index (χ1) is 16.0. The van der Waals surface area contributed by atoms with Crippen LogP contribution in [0.1, 0.15) is 56.4 Å². The fraction of sp³-hybridized carbons (Fsp3) is 0.360. The molecule has 172 valence electrons. The van der Waals surface area contributed by atoms with Gasteiger partial charge in [-0.2, -0.15) is 0 Å². The predicted molar refractivity (Wildman–Crippen MR) is 121 cm³/mol. The van der Waals surface area contributed by atoms with Gasteiger partial charge in [0.1, 0.15) is 0 Å². The molecule has 2 aromatic carbocycles. The van der Waals surface area contributed by atoms with E-state index in [-0.39, 0.29) is 42.0 Å². The zero-order valence-corrected chi connectivity index (χ0v) is 18.6. The summed E-state index contributed by atoms with van der Waals surface area (Å²) in [5.74, 6) is -0.997. The molecule has 1 saturated heterocycles. The molecule has 0 atom stereocenters. The quantitative estimate of drug-likeness (QED) is 0.684. The van der Waals surface area contributed by atoms with Crippen molar-refractivity contribution in [2.24, 2.45) is 0 Å². The molecule has 0 saturated carbocycles. The summed E-state index contributed by atoms with van der Waals surface area (Å²) < 4.78 is 5.02. The fourth-order valence-electron chi connectivity index (χ4n) is 4.21. The lowest BCUT2D eigenvalue weighted by molar-refractivity contribution is 0.0655. The van der Waals surface area contributed by atoms with Crippen molar-refractivity contribution in [1.29, 1.82) is 0 Å². The Morgan fingerprint density at radius 1 is 1.00 bits per heavy atom. The fourth-order valence-corrected chi connectivity index (χ4v) is 4.21. The molecule has 4 rings (SSSR count). The number of benzene rings is 2. The van der Waals surface area contributed by atoms with Gasteiger partial charge in [0, 0.05) is 31.2 Å². The van der Waals surface area contributed by atoms with E-state index in [4.69, 9.17) is 4.74 Å². The number of piperidine rings is 1. The summed E-state index contributed by atoms with van der Waals surface area (Å²) in [5.41, 5.74) is 1.97. The van der Waals surface area contributed by atoms with E-state index in [1.165, 1.54) is 11.0 Å². The number of nitrogens with one attached hydrogen (secondary N) is 1. The van der Waals surface area contributed by atoms with Crippen LogP contribution < -0.4 is 5.32 Å². The third-order valence-corrected chi connectivity index (χ3v) is 6.06. The summed E-state index contributed by atoms with van der Waals surface area (Å²) in [6.07, 6.45) is 1.49. The third kappa shape index (κ3) is 4.89. The molecule has 2 heterocycles. The van der Waals surface area contributed by atoms with Crippen LogP contribution in [-0.2, 0) is 11.2 Å². The van der Waals surface area contributed by atoms with Gasteiger partial charge in [-0.3, -0.25) is 19.3 Å². The van der Waals surface area contributed by atoms with Crippen LogP contribution in [0.25, 0.3) is 0 Å². The smallest absolute Gasteiger partial charge is 0.409 e. The molecule has 0 spiro atoms. The van der Waals surface area contributed by atoms with Gasteiger partial charge in [0.25, 0.3) is 17.7 Å². The first-order valence-corrected chi connectivity index (χ1v) is 11.2. The van der Waals surface area contributed by atoms with Crippen LogP contribution in [0.3, 0.4) is 0 Å². The molecule has 2 aliphatic heterocycles. The highest BCUT2D eigenvalue weighted by molar-refractivity contribution is 6.22.